The maximum Gasteiger partial charge on any atom is 0.354 e. The summed E-state index contributed by atoms with van der Waals surface area (Å²) in [6, 6.07) is 0. The molecule has 1 saturated heterocycles. The smallest absolute Gasteiger partial charge is 0.354 e. The molecule has 2 heterocycles. The normalized spacial score (nSPS) is 25.2. The van der Waals surface area contributed by atoms with E-state index in [9.17, 15) is 19.5 Å². The SMILES string of the molecule is CNC(=O)CSC1=C(C(=O)O)N2C(=O)C(OC)[C@@H]2S1. The van der Waals surface area contributed by atoms with Gasteiger partial charge in [0.2, 0.25) is 5.91 Å². The summed E-state index contributed by atoms with van der Waals surface area (Å²) >= 11 is 2.36. The van der Waals surface area contributed by atoms with Crippen molar-refractivity contribution >= 4 is 41.3 Å². The van der Waals surface area contributed by atoms with Crippen molar-refractivity contribution in [2.75, 3.05) is 19.9 Å². The topological polar surface area (TPSA) is 95.9 Å². The maximum absolute atomic E-state index is 11.7. The molecule has 2 atom stereocenters. The van der Waals surface area contributed by atoms with Gasteiger partial charge in [0.05, 0.1) is 9.99 Å². The van der Waals surface area contributed by atoms with Crippen LogP contribution in [0, 0.1) is 0 Å². The van der Waals surface area contributed by atoms with Crippen LogP contribution in [0.5, 0.6) is 0 Å². The molecular formula is C10H12N2O5S2. The van der Waals surface area contributed by atoms with E-state index in [1.165, 1.54) is 30.8 Å². The molecule has 1 fully saturated rings. The Hall–Kier alpha value is -1.19. The molecule has 0 spiro atoms. The first-order valence-corrected chi connectivity index (χ1v) is 7.21. The molecule has 0 aliphatic carbocycles. The lowest BCUT2D eigenvalue weighted by Crippen LogP contribution is -2.61. The lowest BCUT2D eigenvalue weighted by atomic mass is 10.1. The highest BCUT2D eigenvalue weighted by molar-refractivity contribution is 8.23. The molecule has 9 heteroatoms. The number of rotatable bonds is 5. The number of amides is 2. The molecule has 0 saturated carbocycles. The molecule has 2 rings (SSSR count). The highest BCUT2D eigenvalue weighted by Crippen LogP contribution is 2.51. The number of hydrogen-bond donors (Lipinski definition) is 2. The summed E-state index contributed by atoms with van der Waals surface area (Å²) in [4.78, 5) is 35.4. The average Bonchev–Trinajstić information content (AvgIpc) is 2.71. The van der Waals surface area contributed by atoms with Crippen LogP contribution < -0.4 is 5.32 Å². The quantitative estimate of drug-likeness (QED) is 0.670. The fourth-order valence-corrected chi connectivity index (χ4v) is 4.42. The third kappa shape index (κ3) is 2.33. The van der Waals surface area contributed by atoms with Crippen LogP contribution in [0.3, 0.4) is 0 Å². The van der Waals surface area contributed by atoms with Crippen LogP contribution in [-0.2, 0) is 19.1 Å². The summed E-state index contributed by atoms with van der Waals surface area (Å²) < 4.78 is 5.48. The van der Waals surface area contributed by atoms with Crippen molar-refractivity contribution in [1.29, 1.82) is 0 Å². The Morgan fingerprint density at radius 3 is 2.79 bits per heavy atom. The second-order valence-corrected chi connectivity index (χ2v) is 6.15. The first kappa shape index (κ1) is 14.2. The lowest BCUT2D eigenvalue weighted by molar-refractivity contribution is -0.161. The minimum absolute atomic E-state index is 0.0535. The van der Waals surface area contributed by atoms with E-state index in [1.807, 2.05) is 0 Å². The van der Waals surface area contributed by atoms with Crippen LogP contribution in [-0.4, -0.2) is 59.2 Å². The monoisotopic (exact) mass is 304 g/mol. The summed E-state index contributed by atoms with van der Waals surface area (Å²) in [5, 5.41) is 11.3. The molecule has 104 valence electrons. The fourth-order valence-electron chi connectivity index (χ4n) is 1.77. The minimum Gasteiger partial charge on any atom is -0.477 e. The Morgan fingerprint density at radius 1 is 1.58 bits per heavy atom. The zero-order valence-electron chi connectivity index (χ0n) is 10.2. The third-order valence-electron chi connectivity index (χ3n) is 2.73. The van der Waals surface area contributed by atoms with Gasteiger partial charge in [-0.25, -0.2) is 4.79 Å². The summed E-state index contributed by atoms with van der Waals surface area (Å²) in [6.07, 6.45) is -0.613. The van der Waals surface area contributed by atoms with Crippen LogP contribution in [0.1, 0.15) is 0 Å². The molecule has 2 aliphatic heterocycles. The van der Waals surface area contributed by atoms with E-state index in [4.69, 9.17) is 4.74 Å². The van der Waals surface area contributed by atoms with E-state index >= 15 is 0 Å². The Labute approximate surface area is 117 Å². The molecule has 7 nitrogen and oxygen atoms in total. The Kier molecular flexibility index (Phi) is 4.07. The van der Waals surface area contributed by atoms with Crippen LogP contribution in [0.2, 0.25) is 0 Å². The Bertz CT molecular complexity index is 479. The number of carboxylic acid groups (broad SMARTS) is 1. The van der Waals surface area contributed by atoms with Crippen LogP contribution in [0.15, 0.2) is 9.93 Å². The predicted octanol–water partition coefficient (Wildman–Crippen LogP) is -0.351. The number of nitrogens with one attached hydrogen (secondary N) is 1. The van der Waals surface area contributed by atoms with Crippen molar-refractivity contribution in [2.24, 2.45) is 0 Å². The molecule has 0 aromatic carbocycles. The molecule has 0 aromatic heterocycles. The second kappa shape index (κ2) is 5.43. The number of carbonyl (C=O) groups is 3. The highest BCUT2D eigenvalue weighted by atomic mass is 32.2. The molecular weight excluding hydrogens is 292 g/mol. The van der Waals surface area contributed by atoms with Gasteiger partial charge in [-0.1, -0.05) is 11.8 Å². The molecule has 0 radical (unpaired) electrons. The van der Waals surface area contributed by atoms with Crippen LogP contribution >= 0.6 is 23.5 Å². The van der Waals surface area contributed by atoms with E-state index < -0.39 is 12.1 Å². The van der Waals surface area contributed by atoms with Gasteiger partial charge in [0.25, 0.3) is 5.91 Å². The molecule has 0 aromatic rings. The van der Waals surface area contributed by atoms with Gasteiger partial charge in [-0.15, -0.1) is 11.8 Å². The summed E-state index contributed by atoms with van der Waals surface area (Å²) in [7, 11) is 2.92. The van der Waals surface area contributed by atoms with Gasteiger partial charge in [-0.2, -0.15) is 0 Å². The zero-order valence-corrected chi connectivity index (χ0v) is 11.8. The van der Waals surface area contributed by atoms with Crippen molar-refractivity contribution in [3.05, 3.63) is 9.93 Å². The van der Waals surface area contributed by atoms with Crippen molar-refractivity contribution in [3.8, 4) is 0 Å². The van der Waals surface area contributed by atoms with Gasteiger partial charge in [-0.3, -0.25) is 14.5 Å². The third-order valence-corrected chi connectivity index (χ3v) is 5.34. The van der Waals surface area contributed by atoms with Crippen molar-refractivity contribution in [1.82, 2.24) is 10.2 Å². The number of methoxy groups -OCH3 is 1. The fraction of sp³-hybridized carbons (Fsp3) is 0.500. The van der Waals surface area contributed by atoms with Gasteiger partial charge in [0, 0.05) is 14.2 Å². The van der Waals surface area contributed by atoms with Crippen molar-refractivity contribution in [2.45, 2.75) is 11.5 Å². The zero-order chi connectivity index (χ0) is 14.2. The summed E-state index contributed by atoms with van der Waals surface area (Å²) in [5.74, 6) is -1.61. The Morgan fingerprint density at radius 2 is 2.26 bits per heavy atom. The second-order valence-electron chi connectivity index (χ2n) is 3.78. The number of hydrogen-bond acceptors (Lipinski definition) is 6. The standard InChI is InChI=1S/C10H12N2O5S2/c1-11-4(13)3-18-10-5(9(15)16)12-7(14)6(17-2)8(12)19-10/h6,8H,3H2,1-2H3,(H,11,13)(H,15,16)/t6?,8-/m0/s1. The van der Waals surface area contributed by atoms with Crippen LogP contribution in [0.25, 0.3) is 0 Å². The predicted molar refractivity (Wildman–Crippen MR) is 70.2 cm³/mol. The first-order chi connectivity index (χ1) is 9.01. The van der Waals surface area contributed by atoms with Gasteiger partial charge in [0.15, 0.2) is 11.8 Å². The van der Waals surface area contributed by atoms with Gasteiger partial charge in [-0.05, 0) is 0 Å². The number of thioether (sulfide) groups is 2. The molecule has 1 unspecified atom stereocenters. The Balaban J connectivity index is 2.15. The highest BCUT2D eigenvalue weighted by Gasteiger charge is 2.56. The van der Waals surface area contributed by atoms with E-state index in [0.717, 1.165) is 11.8 Å². The number of β-lactam (4-membered cyclic amide) rings is 1. The number of carbonyl (C=O) groups excluding carboxylic acids is 2. The maximum atomic E-state index is 11.7. The molecule has 2 aliphatic rings. The number of carboxylic acids is 1. The lowest BCUT2D eigenvalue weighted by Gasteiger charge is -2.40. The number of aliphatic carboxylic acids is 1. The van der Waals surface area contributed by atoms with Crippen molar-refractivity contribution < 1.29 is 24.2 Å². The van der Waals surface area contributed by atoms with E-state index in [1.54, 1.807) is 0 Å². The van der Waals surface area contributed by atoms with Crippen LogP contribution in [0.4, 0.5) is 0 Å². The number of fused-ring (bicyclic) bond motifs is 1. The summed E-state index contributed by atoms with van der Waals surface area (Å²) in [6.45, 7) is 0. The van der Waals surface area contributed by atoms with E-state index in [0.29, 0.717) is 4.24 Å². The number of nitrogens with zero attached hydrogens (tertiary/aromatic N) is 1. The largest absolute Gasteiger partial charge is 0.477 e. The minimum atomic E-state index is -1.17. The molecule has 2 N–H and O–H groups in total. The van der Waals surface area contributed by atoms with Gasteiger partial charge >= 0.3 is 5.97 Å². The van der Waals surface area contributed by atoms with Crippen molar-refractivity contribution in [3.63, 3.8) is 0 Å². The van der Waals surface area contributed by atoms with Gasteiger partial charge < -0.3 is 15.2 Å². The molecule has 19 heavy (non-hydrogen) atoms. The molecule has 0 bridgehead atoms. The average molecular weight is 304 g/mol. The molecule has 2 amide bonds. The van der Waals surface area contributed by atoms with Gasteiger partial charge in [0.1, 0.15) is 5.37 Å². The van der Waals surface area contributed by atoms with E-state index in [2.05, 4.69) is 5.32 Å². The first-order valence-electron chi connectivity index (χ1n) is 5.34. The van der Waals surface area contributed by atoms with E-state index in [-0.39, 0.29) is 28.6 Å². The summed E-state index contributed by atoms with van der Waals surface area (Å²) in [5.41, 5.74) is -0.0535. The number of ether oxygens (including phenoxy) is 1.